The summed E-state index contributed by atoms with van der Waals surface area (Å²) < 4.78 is 0. The van der Waals surface area contributed by atoms with E-state index in [2.05, 4.69) is 26.9 Å². The van der Waals surface area contributed by atoms with Gasteiger partial charge in [-0.25, -0.2) is 0 Å². The monoisotopic (exact) mass is 210 g/mol. The van der Waals surface area contributed by atoms with E-state index in [1.165, 1.54) is 59.0 Å². The van der Waals surface area contributed by atoms with E-state index in [0.717, 1.165) is 0 Å². The van der Waals surface area contributed by atoms with Crippen LogP contribution in [0.3, 0.4) is 0 Å². The maximum absolute atomic E-state index is 3.80. The highest BCUT2D eigenvalue weighted by atomic mass is 15.6. The Hall–Kier alpha value is -0.160. The van der Waals surface area contributed by atoms with Crippen LogP contribution in [-0.2, 0) is 0 Å². The number of nitrogens with one attached hydrogen (secondary N) is 1. The van der Waals surface area contributed by atoms with Gasteiger partial charge in [-0.3, -0.25) is 14.7 Å². The maximum Gasteiger partial charge on any atom is 0.0569 e. The summed E-state index contributed by atoms with van der Waals surface area (Å²) in [6.07, 6.45) is 2.60. The largest absolute Gasteiger partial charge is 0.308 e. The molecule has 0 aliphatic carbocycles. The van der Waals surface area contributed by atoms with Crippen molar-refractivity contribution in [2.45, 2.75) is 25.3 Å². The molecule has 0 aromatic heterocycles. The minimum Gasteiger partial charge on any atom is -0.308 e. The molecule has 4 saturated heterocycles. The Bertz CT molecular complexity index is 205. The number of unbranched alkanes of at least 4 members (excludes halogenated alkanes) is 1. The Morgan fingerprint density at radius 3 is 2.00 bits per heavy atom. The van der Waals surface area contributed by atoms with Gasteiger partial charge in [0.2, 0.25) is 0 Å². The molecule has 1 N–H and O–H groups in total. The highest BCUT2D eigenvalue weighted by Crippen LogP contribution is 2.28. The van der Waals surface area contributed by atoms with E-state index in [1.807, 2.05) is 0 Å². The Morgan fingerprint density at radius 1 is 1.00 bits per heavy atom. The molecule has 4 heteroatoms. The predicted molar refractivity (Wildman–Crippen MR) is 60.4 cm³/mol. The van der Waals surface area contributed by atoms with Gasteiger partial charge in [-0.05, 0) is 13.0 Å². The molecule has 0 aromatic carbocycles. The second-order valence-corrected chi connectivity index (χ2v) is 5.47. The van der Waals surface area contributed by atoms with Crippen LogP contribution in [0.1, 0.15) is 19.8 Å². The van der Waals surface area contributed by atoms with Crippen molar-refractivity contribution in [1.82, 2.24) is 20.0 Å². The van der Waals surface area contributed by atoms with E-state index in [9.17, 15) is 0 Å². The van der Waals surface area contributed by atoms with Crippen LogP contribution in [0.25, 0.3) is 0 Å². The molecule has 4 fully saturated rings. The molecule has 0 unspecified atom stereocenters. The quantitative estimate of drug-likeness (QED) is 0.656. The normalized spacial score (nSPS) is 47.4. The minimum atomic E-state index is 0.379. The molecule has 86 valence electrons. The average Bonchev–Trinajstić information content (AvgIpc) is 2.15. The van der Waals surface area contributed by atoms with Gasteiger partial charge in [0.1, 0.15) is 0 Å². The summed E-state index contributed by atoms with van der Waals surface area (Å²) in [4.78, 5) is 7.69. The molecule has 0 saturated carbocycles. The molecular formula is C11H22N4. The molecule has 4 rings (SSSR count). The third-order valence-electron chi connectivity index (χ3n) is 3.81. The summed E-state index contributed by atoms with van der Waals surface area (Å²) in [5.41, 5.74) is 0.379. The number of nitrogens with zero attached hydrogens (tertiary/aromatic N) is 3. The highest BCUT2D eigenvalue weighted by Gasteiger charge is 2.47. The standard InChI is InChI=1S/C11H22N4/c1-2-3-4-12-11-5-13-8-14(6-11)10-15(7-11)9-13/h12H,2-10H2,1H3. The van der Waals surface area contributed by atoms with Gasteiger partial charge in [0, 0.05) is 19.6 Å². The third kappa shape index (κ3) is 1.80. The van der Waals surface area contributed by atoms with E-state index < -0.39 is 0 Å². The Balaban J connectivity index is 1.65. The molecule has 0 aromatic rings. The topological polar surface area (TPSA) is 21.8 Å². The van der Waals surface area contributed by atoms with Crippen LogP contribution in [-0.4, -0.2) is 66.4 Å². The smallest absolute Gasteiger partial charge is 0.0569 e. The number of hydrogen-bond acceptors (Lipinski definition) is 4. The van der Waals surface area contributed by atoms with E-state index in [1.54, 1.807) is 0 Å². The van der Waals surface area contributed by atoms with Gasteiger partial charge >= 0.3 is 0 Å². The van der Waals surface area contributed by atoms with Crippen molar-refractivity contribution in [3.05, 3.63) is 0 Å². The summed E-state index contributed by atoms with van der Waals surface area (Å²) in [5, 5.41) is 3.80. The summed E-state index contributed by atoms with van der Waals surface area (Å²) >= 11 is 0. The first kappa shape index (κ1) is 10.0. The SMILES string of the molecule is CCCCNC12CN3CN(CN(C3)C1)C2. The third-order valence-corrected chi connectivity index (χ3v) is 3.81. The van der Waals surface area contributed by atoms with Crippen molar-refractivity contribution in [1.29, 1.82) is 0 Å². The molecule has 4 heterocycles. The van der Waals surface area contributed by atoms with Crippen molar-refractivity contribution in [2.75, 3.05) is 46.2 Å². The first-order chi connectivity index (χ1) is 7.30. The fourth-order valence-corrected chi connectivity index (χ4v) is 3.41. The Labute approximate surface area is 92.2 Å². The molecule has 0 atom stereocenters. The molecular weight excluding hydrogens is 188 g/mol. The van der Waals surface area contributed by atoms with Gasteiger partial charge in [0.15, 0.2) is 0 Å². The molecule has 0 radical (unpaired) electrons. The van der Waals surface area contributed by atoms with Crippen LogP contribution in [0.4, 0.5) is 0 Å². The molecule has 4 aliphatic rings. The lowest BCUT2D eigenvalue weighted by Gasteiger charge is -2.60. The lowest BCUT2D eigenvalue weighted by atomic mass is 9.91. The van der Waals surface area contributed by atoms with Crippen molar-refractivity contribution >= 4 is 0 Å². The first-order valence-electron chi connectivity index (χ1n) is 6.22. The Morgan fingerprint density at radius 2 is 1.53 bits per heavy atom. The Kier molecular flexibility index (Phi) is 2.47. The fraction of sp³-hybridized carbons (Fsp3) is 1.00. The van der Waals surface area contributed by atoms with Crippen LogP contribution in [0.5, 0.6) is 0 Å². The van der Waals surface area contributed by atoms with E-state index in [4.69, 9.17) is 0 Å². The first-order valence-corrected chi connectivity index (χ1v) is 6.22. The van der Waals surface area contributed by atoms with Crippen molar-refractivity contribution in [2.24, 2.45) is 0 Å². The zero-order valence-electron chi connectivity index (χ0n) is 9.71. The van der Waals surface area contributed by atoms with Gasteiger partial charge in [0.05, 0.1) is 25.5 Å². The molecule has 0 spiro atoms. The molecule has 4 nitrogen and oxygen atoms in total. The van der Waals surface area contributed by atoms with E-state index in [-0.39, 0.29) is 0 Å². The van der Waals surface area contributed by atoms with Crippen LogP contribution in [0.2, 0.25) is 0 Å². The molecule has 15 heavy (non-hydrogen) atoms. The zero-order chi connectivity index (χ0) is 10.3. The summed E-state index contributed by atoms with van der Waals surface area (Å²) in [7, 11) is 0. The van der Waals surface area contributed by atoms with Gasteiger partial charge in [-0.15, -0.1) is 0 Å². The van der Waals surface area contributed by atoms with Crippen LogP contribution < -0.4 is 5.32 Å². The van der Waals surface area contributed by atoms with E-state index in [0.29, 0.717) is 5.54 Å². The van der Waals surface area contributed by atoms with Gasteiger partial charge in [0.25, 0.3) is 0 Å². The number of hydrogen-bond donors (Lipinski definition) is 1. The second kappa shape index (κ2) is 3.70. The summed E-state index contributed by atoms with van der Waals surface area (Å²) in [5.74, 6) is 0. The fourth-order valence-electron chi connectivity index (χ4n) is 3.41. The van der Waals surface area contributed by atoms with Gasteiger partial charge < -0.3 is 5.32 Å². The van der Waals surface area contributed by atoms with Crippen molar-refractivity contribution < 1.29 is 0 Å². The van der Waals surface area contributed by atoms with Gasteiger partial charge in [-0.2, -0.15) is 0 Å². The summed E-state index contributed by atoms with van der Waals surface area (Å²) in [6.45, 7) is 10.8. The van der Waals surface area contributed by atoms with Crippen LogP contribution >= 0.6 is 0 Å². The molecule has 4 aliphatic heterocycles. The van der Waals surface area contributed by atoms with Crippen molar-refractivity contribution in [3.8, 4) is 0 Å². The lowest BCUT2D eigenvalue weighted by molar-refractivity contribution is -0.149. The summed E-state index contributed by atoms with van der Waals surface area (Å²) in [6, 6.07) is 0. The van der Waals surface area contributed by atoms with E-state index >= 15 is 0 Å². The minimum absolute atomic E-state index is 0.379. The maximum atomic E-state index is 3.80. The highest BCUT2D eigenvalue weighted by molar-refractivity contribution is 5.05. The van der Waals surface area contributed by atoms with Gasteiger partial charge in [-0.1, -0.05) is 13.3 Å². The molecule has 4 bridgehead atoms. The average molecular weight is 210 g/mol. The lowest BCUT2D eigenvalue weighted by Crippen LogP contribution is -2.79. The van der Waals surface area contributed by atoms with Crippen LogP contribution in [0, 0.1) is 0 Å². The molecule has 0 amide bonds. The zero-order valence-corrected chi connectivity index (χ0v) is 9.71. The number of rotatable bonds is 4. The predicted octanol–water partition coefficient (Wildman–Crippen LogP) is -0.0658. The van der Waals surface area contributed by atoms with Crippen LogP contribution in [0.15, 0.2) is 0 Å². The van der Waals surface area contributed by atoms with Crippen molar-refractivity contribution in [3.63, 3.8) is 0 Å². The second-order valence-electron chi connectivity index (χ2n) is 5.47.